The summed E-state index contributed by atoms with van der Waals surface area (Å²) >= 11 is 0. The van der Waals surface area contributed by atoms with E-state index in [0.29, 0.717) is 12.2 Å². The zero-order valence-corrected chi connectivity index (χ0v) is 14.0. The van der Waals surface area contributed by atoms with Gasteiger partial charge in [-0.25, -0.2) is 0 Å². The SMILES string of the molecule is CCC(CC)(CC)n1c(C)cc2c1CC(C)(C)CC2=O. The molecule has 0 amide bonds. The predicted octanol–water partition coefficient (Wildman–Crippen LogP) is 4.88. The molecule has 0 aromatic carbocycles. The van der Waals surface area contributed by atoms with Crippen LogP contribution in [0.1, 0.15) is 82.0 Å². The molecule has 0 N–H and O–H groups in total. The summed E-state index contributed by atoms with van der Waals surface area (Å²) < 4.78 is 2.50. The van der Waals surface area contributed by atoms with E-state index in [1.807, 2.05) is 0 Å². The van der Waals surface area contributed by atoms with Crippen LogP contribution in [0.4, 0.5) is 0 Å². The first-order valence-corrected chi connectivity index (χ1v) is 8.05. The van der Waals surface area contributed by atoms with Crippen molar-refractivity contribution in [2.24, 2.45) is 5.41 Å². The number of ketones is 1. The fourth-order valence-electron chi connectivity index (χ4n) is 4.04. The Labute approximate surface area is 123 Å². The third-order valence-corrected chi connectivity index (χ3v) is 5.32. The Morgan fingerprint density at radius 3 is 2.20 bits per heavy atom. The van der Waals surface area contributed by atoms with Crippen LogP contribution < -0.4 is 0 Å². The standard InChI is InChI=1S/C18H29NO/c1-7-18(8-2,9-3)19-13(4)10-14-15(19)11-17(5,6)12-16(14)20/h10H,7-9,11-12H2,1-6H3. The zero-order valence-electron chi connectivity index (χ0n) is 14.0. The molecule has 0 bridgehead atoms. The summed E-state index contributed by atoms with van der Waals surface area (Å²) in [5.74, 6) is 0.329. The summed E-state index contributed by atoms with van der Waals surface area (Å²) in [5, 5.41) is 0. The van der Waals surface area contributed by atoms with Crippen LogP contribution in [0.25, 0.3) is 0 Å². The van der Waals surface area contributed by atoms with E-state index >= 15 is 0 Å². The molecule has 0 unspecified atom stereocenters. The van der Waals surface area contributed by atoms with E-state index in [-0.39, 0.29) is 11.0 Å². The molecular formula is C18H29NO. The Kier molecular flexibility index (Phi) is 3.88. The van der Waals surface area contributed by atoms with Crippen LogP contribution in [-0.4, -0.2) is 10.4 Å². The monoisotopic (exact) mass is 275 g/mol. The minimum Gasteiger partial charge on any atom is -0.342 e. The lowest BCUT2D eigenvalue weighted by Crippen LogP contribution is -2.37. The number of nitrogens with zero attached hydrogens (tertiary/aromatic N) is 1. The van der Waals surface area contributed by atoms with Gasteiger partial charge in [-0.3, -0.25) is 4.79 Å². The highest BCUT2D eigenvalue weighted by molar-refractivity contribution is 5.99. The number of carbonyl (C=O) groups excluding carboxylic acids is 1. The minimum absolute atomic E-state index is 0.0909. The molecule has 0 fully saturated rings. The number of carbonyl (C=O) groups is 1. The molecule has 0 radical (unpaired) electrons. The second kappa shape index (κ2) is 5.05. The zero-order chi connectivity index (χ0) is 15.1. The van der Waals surface area contributed by atoms with E-state index in [0.717, 1.165) is 31.2 Å². The second-order valence-electron chi connectivity index (χ2n) is 7.21. The van der Waals surface area contributed by atoms with Crippen LogP contribution >= 0.6 is 0 Å². The van der Waals surface area contributed by atoms with Crippen LogP contribution in [0.2, 0.25) is 0 Å². The third-order valence-electron chi connectivity index (χ3n) is 5.32. The topological polar surface area (TPSA) is 22.0 Å². The van der Waals surface area contributed by atoms with Gasteiger partial charge in [0.15, 0.2) is 5.78 Å². The van der Waals surface area contributed by atoms with Crippen molar-refractivity contribution in [1.82, 2.24) is 4.57 Å². The van der Waals surface area contributed by atoms with Gasteiger partial charge in [0, 0.05) is 28.9 Å². The number of hydrogen-bond acceptors (Lipinski definition) is 1. The van der Waals surface area contributed by atoms with Crippen LogP contribution in [-0.2, 0) is 12.0 Å². The van der Waals surface area contributed by atoms with Gasteiger partial charge in [0.1, 0.15) is 0 Å². The maximum atomic E-state index is 12.4. The quantitative estimate of drug-likeness (QED) is 0.768. The first-order chi connectivity index (χ1) is 9.30. The van der Waals surface area contributed by atoms with Crippen molar-refractivity contribution in [2.75, 3.05) is 0 Å². The van der Waals surface area contributed by atoms with Crippen molar-refractivity contribution in [1.29, 1.82) is 0 Å². The van der Waals surface area contributed by atoms with Crippen LogP contribution in [0.5, 0.6) is 0 Å². The van der Waals surface area contributed by atoms with Gasteiger partial charge in [-0.1, -0.05) is 34.6 Å². The Balaban J connectivity index is 2.65. The van der Waals surface area contributed by atoms with Crippen LogP contribution in [0.15, 0.2) is 6.07 Å². The maximum Gasteiger partial charge on any atom is 0.165 e. The van der Waals surface area contributed by atoms with Gasteiger partial charge in [0.2, 0.25) is 0 Å². The molecule has 112 valence electrons. The molecule has 2 rings (SSSR count). The predicted molar refractivity (Wildman–Crippen MR) is 84.4 cm³/mol. The van der Waals surface area contributed by atoms with Gasteiger partial charge in [0.05, 0.1) is 0 Å². The largest absolute Gasteiger partial charge is 0.342 e. The number of Topliss-reactive ketones (excluding diaryl/α,β-unsaturated/α-hetero) is 1. The number of fused-ring (bicyclic) bond motifs is 1. The minimum atomic E-state index is 0.0909. The first kappa shape index (κ1) is 15.3. The van der Waals surface area contributed by atoms with Crippen LogP contribution in [0.3, 0.4) is 0 Å². The summed E-state index contributed by atoms with van der Waals surface area (Å²) in [6.45, 7) is 13.4. The van der Waals surface area contributed by atoms with E-state index in [1.165, 1.54) is 11.4 Å². The van der Waals surface area contributed by atoms with Crippen molar-refractivity contribution in [3.63, 3.8) is 0 Å². The number of aromatic nitrogens is 1. The van der Waals surface area contributed by atoms with Gasteiger partial charge >= 0.3 is 0 Å². The molecule has 0 saturated carbocycles. The summed E-state index contributed by atoms with van der Waals surface area (Å²) in [7, 11) is 0. The Morgan fingerprint density at radius 2 is 1.70 bits per heavy atom. The fraction of sp³-hybridized carbons (Fsp3) is 0.722. The first-order valence-electron chi connectivity index (χ1n) is 8.05. The van der Waals surface area contributed by atoms with Gasteiger partial charge in [-0.15, -0.1) is 0 Å². The van der Waals surface area contributed by atoms with E-state index in [2.05, 4.69) is 52.2 Å². The van der Waals surface area contributed by atoms with Crippen molar-refractivity contribution in [2.45, 2.75) is 79.2 Å². The molecule has 1 aromatic rings. The molecule has 1 aliphatic carbocycles. The molecular weight excluding hydrogens is 246 g/mol. The van der Waals surface area contributed by atoms with E-state index in [9.17, 15) is 4.79 Å². The number of hydrogen-bond donors (Lipinski definition) is 0. The molecule has 2 nitrogen and oxygen atoms in total. The third kappa shape index (κ3) is 2.23. The van der Waals surface area contributed by atoms with Crippen molar-refractivity contribution < 1.29 is 4.79 Å². The molecule has 1 heterocycles. The summed E-state index contributed by atoms with van der Waals surface area (Å²) in [5.41, 5.74) is 3.79. The summed E-state index contributed by atoms with van der Waals surface area (Å²) in [4.78, 5) is 12.4. The average Bonchev–Trinajstić information content (AvgIpc) is 2.69. The Morgan fingerprint density at radius 1 is 1.15 bits per heavy atom. The highest BCUT2D eigenvalue weighted by Gasteiger charge is 2.38. The normalized spacial score (nSPS) is 18.2. The smallest absolute Gasteiger partial charge is 0.165 e. The average molecular weight is 275 g/mol. The molecule has 2 heteroatoms. The lowest BCUT2D eigenvalue weighted by molar-refractivity contribution is 0.0905. The van der Waals surface area contributed by atoms with Crippen molar-refractivity contribution >= 4 is 5.78 Å². The second-order valence-corrected chi connectivity index (χ2v) is 7.21. The lowest BCUT2D eigenvalue weighted by atomic mass is 9.75. The molecule has 0 spiro atoms. The summed E-state index contributed by atoms with van der Waals surface area (Å²) in [6.07, 6.45) is 5.06. The molecule has 0 saturated heterocycles. The number of rotatable bonds is 4. The molecule has 0 aliphatic heterocycles. The Hall–Kier alpha value is -1.05. The van der Waals surface area contributed by atoms with Crippen molar-refractivity contribution in [3.8, 4) is 0 Å². The van der Waals surface area contributed by atoms with Gasteiger partial charge in [0.25, 0.3) is 0 Å². The van der Waals surface area contributed by atoms with Crippen molar-refractivity contribution in [3.05, 3.63) is 23.0 Å². The van der Waals surface area contributed by atoms with E-state index in [4.69, 9.17) is 0 Å². The van der Waals surface area contributed by atoms with E-state index < -0.39 is 0 Å². The van der Waals surface area contributed by atoms with Crippen LogP contribution in [0, 0.1) is 12.3 Å². The lowest BCUT2D eigenvalue weighted by Gasteiger charge is -2.39. The number of aryl methyl sites for hydroxylation is 1. The molecule has 1 aliphatic rings. The molecule has 0 atom stereocenters. The van der Waals surface area contributed by atoms with Gasteiger partial charge in [-0.2, -0.15) is 0 Å². The highest BCUT2D eigenvalue weighted by atomic mass is 16.1. The molecule has 20 heavy (non-hydrogen) atoms. The fourth-order valence-corrected chi connectivity index (χ4v) is 4.04. The van der Waals surface area contributed by atoms with E-state index in [1.54, 1.807) is 0 Å². The highest BCUT2D eigenvalue weighted by Crippen LogP contribution is 2.41. The Bertz CT molecular complexity index is 510. The molecule has 1 aromatic heterocycles. The van der Waals surface area contributed by atoms with Gasteiger partial charge < -0.3 is 4.57 Å². The maximum absolute atomic E-state index is 12.4. The van der Waals surface area contributed by atoms with Gasteiger partial charge in [-0.05, 0) is 44.1 Å². The summed E-state index contributed by atoms with van der Waals surface area (Å²) in [6, 6.07) is 2.13.